The molecule has 174 valence electrons. The number of aryl methyl sites for hydroxylation is 1. The van der Waals surface area contributed by atoms with E-state index < -0.39 is 0 Å². The van der Waals surface area contributed by atoms with E-state index in [0.717, 1.165) is 21.2 Å². The molecule has 5 aromatic rings. The largest absolute Gasteiger partial charge is 0.495 e. The quantitative estimate of drug-likeness (QED) is 0.298. The Kier molecular flexibility index (Phi) is 5.68. The molecule has 0 aliphatic rings. The molecule has 0 aromatic carbocycles. The van der Waals surface area contributed by atoms with Crippen LogP contribution in [0.2, 0.25) is 0 Å². The fourth-order valence-corrected chi connectivity index (χ4v) is 4.88. The standard InChI is InChI=1S/C21H20N8O3S2/c1-12-16(24-19(33-12)27(2)6-5-22)11-32-18-7-13(30-3)9-28-17(18)8-14(25-28)15-10-29-20(23-15)34-21(26-29)31-4/h7-10H,6,11H2,1-4H3. The predicted octanol–water partition coefficient (Wildman–Crippen LogP) is 3.43. The molecule has 5 aromatic heterocycles. The van der Waals surface area contributed by atoms with Crippen molar-refractivity contribution < 1.29 is 14.2 Å². The number of nitriles is 1. The molecule has 11 nitrogen and oxygen atoms in total. The Balaban J connectivity index is 1.45. The smallest absolute Gasteiger partial charge is 0.294 e. The lowest BCUT2D eigenvalue weighted by molar-refractivity contribution is 0.301. The number of thiazole rings is 1. The number of anilines is 1. The molecule has 0 bridgehead atoms. The summed E-state index contributed by atoms with van der Waals surface area (Å²) in [6.45, 7) is 2.54. The number of fused-ring (bicyclic) bond motifs is 2. The van der Waals surface area contributed by atoms with Gasteiger partial charge in [-0.25, -0.2) is 19.0 Å². The van der Waals surface area contributed by atoms with Gasteiger partial charge in [0.25, 0.3) is 5.19 Å². The van der Waals surface area contributed by atoms with Gasteiger partial charge < -0.3 is 19.1 Å². The van der Waals surface area contributed by atoms with Crippen LogP contribution in [0.5, 0.6) is 16.7 Å². The van der Waals surface area contributed by atoms with Gasteiger partial charge in [-0.1, -0.05) is 0 Å². The van der Waals surface area contributed by atoms with Crippen molar-refractivity contribution in [2.24, 2.45) is 0 Å². The Labute approximate surface area is 202 Å². The van der Waals surface area contributed by atoms with Gasteiger partial charge in [0.2, 0.25) is 4.96 Å². The molecule has 0 atom stereocenters. The molecule has 0 unspecified atom stereocenters. The fraction of sp³-hybridized carbons (Fsp3) is 0.286. The SMILES string of the molecule is COc1cc(OCc2nc(N(C)CC#N)sc2C)c2cc(-c3cn4nc(OC)sc4n3)nn2c1. The highest BCUT2D eigenvalue weighted by Gasteiger charge is 2.17. The van der Waals surface area contributed by atoms with Crippen molar-refractivity contribution >= 4 is 38.3 Å². The Hall–Kier alpha value is -3.89. The number of imidazole rings is 1. The number of aromatic nitrogens is 6. The van der Waals surface area contributed by atoms with E-state index in [1.54, 1.807) is 29.4 Å². The minimum absolute atomic E-state index is 0.274. The number of ether oxygens (including phenoxy) is 3. The topological polar surface area (TPSA) is 115 Å². The number of hydrogen-bond donors (Lipinski definition) is 0. The molecule has 34 heavy (non-hydrogen) atoms. The van der Waals surface area contributed by atoms with E-state index in [-0.39, 0.29) is 13.2 Å². The third kappa shape index (κ3) is 3.97. The van der Waals surface area contributed by atoms with Crippen molar-refractivity contribution in [1.29, 1.82) is 5.26 Å². The molecular formula is C21H20N8O3S2. The molecular weight excluding hydrogens is 476 g/mol. The number of hydrogen-bond acceptors (Lipinski definition) is 11. The summed E-state index contributed by atoms with van der Waals surface area (Å²) in [6.07, 6.45) is 3.60. The van der Waals surface area contributed by atoms with Crippen molar-refractivity contribution in [3.8, 4) is 34.1 Å². The van der Waals surface area contributed by atoms with Gasteiger partial charge in [0.15, 0.2) is 5.13 Å². The van der Waals surface area contributed by atoms with Crippen molar-refractivity contribution in [2.45, 2.75) is 13.5 Å². The molecule has 5 rings (SSSR count). The second-order valence-corrected chi connectivity index (χ2v) is 9.43. The maximum Gasteiger partial charge on any atom is 0.294 e. The second-order valence-electron chi connectivity index (χ2n) is 7.33. The molecule has 0 N–H and O–H groups in total. The molecule has 0 aliphatic carbocycles. The molecule has 0 radical (unpaired) electrons. The van der Waals surface area contributed by atoms with E-state index in [4.69, 9.17) is 19.5 Å². The zero-order chi connectivity index (χ0) is 23.8. The van der Waals surface area contributed by atoms with E-state index in [0.29, 0.717) is 33.0 Å². The highest BCUT2D eigenvalue weighted by atomic mass is 32.1. The summed E-state index contributed by atoms with van der Waals surface area (Å²) < 4.78 is 20.2. The predicted molar refractivity (Wildman–Crippen MR) is 128 cm³/mol. The van der Waals surface area contributed by atoms with Crippen LogP contribution in [0, 0.1) is 18.3 Å². The first-order valence-electron chi connectivity index (χ1n) is 10.1. The molecule has 0 saturated carbocycles. The monoisotopic (exact) mass is 496 g/mol. The van der Waals surface area contributed by atoms with Crippen LogP contribution in [0.15, 0.2) is 24.5 Å². The molecule has 13 heteroatoms. The van der Waals surface area contributed by atoms with Gasteiger partial charge >= 0.3 is 0 Å². The first kappa shape index (κ1) is 21.9. The number of rotatable bonds is 8. The van der Waals surface area contributed by atoms with Crippen molar-refractivity contribution in [3.05, 3.63) is 35.1 Å². The lowest BCUT2D eigenvalue weighted by Gasteiger charge is -2.10. The van der Waals surface area contributed by atoms with Gasteiger partial charge in [0.05, 0.1) is 38.4 Å². The van der Waals surface area contributed by atoms with Crippen molar-refractivity contribution in [2.75, 3.05) is 32.7 Å². The molecule has 0 fully saturated rings. The van der Waals surface area contributed by atoms with Gasteiger partial charge in [-0.05, 0) is 24.3 Å². The van der Waals surface area contributed by atoms with E-state index in [1.165, 1.54) is 22.7 Å². The summed E-state index contributed by atoms with van der Waals surface area (Å²) in [5, 5.41) is 19.2. The van der Waals surface area contributed by atoms with Gasteiger partial charge in [-0.3, -0.25) is 0 Å². The van der Waals surface area contributed by atoms with Crippen LogP contribution in [-0.4, -0.2) is 57.0 Å². The highest BCUT2D eigenvalue weighted by molar-refractivity contribution is 7.18. The second kappa shape index (κ2) is 8.81. The van der Waals surface area contributed by atoms with Gasteiger partial charge in [-0.2, -0.15) is 10.4 Å². The van der Waals surface area contributed by atoms with Gasteiger partial charge in [0.1, 0.15) is 41.6 Å². The van der Waals surface area contributed by atoms with Crippen LogP contribution in [0.4, 0.5) is 5.13 Å². The van der Waals surface area contributed by atoms with Crippen LogP contribution in [0.1, 0.15) is 10.6 Å². The first-order valence-corrected chi connectivity index (χ1v) is 11.8. The van der Waals surface area contributed by atoms with Crippen molar-refractivity contribution in [3.63, 3.8) is 0 Å². The summed E-state index contributed by atoms with van der Waals surface area (Å²) in [4.78, 5) is 12.8. The van der Waals surface area contributed by atoms with Crippen LogP contribution >= 0.6 is 22.7 Å². The minimum Gasteiger partial charge on any atom is -0.495 e. The summed E-state index contributed by atoms with van der Waals surface area (Å²) in [5.74, 6) is 1.22. The zero-order valence-corrected chi connectivity index (χ0v) is 20.5. The van der Waals surface area contributed by atoms with E-state index in [2.05, 4.69) is 26.2 Å². The van der Waals surface area contributed by atoms with Crippen LogP contribution in [-0.2, 0) is 6.61 Å². The maximum absolute atomic E-state index is 8.94. The van der Waals surface area contributed by atoms with Gasteiger partial charge in [0, 0.05) is 18.0 Å². The Morgan fingerprint density at radius 1 is 1.06 bits per heavy atom. The Morgan fingerprint density at radius 3 is 2.65 bits per heavy atom. The fourth-order valence-electron chi connectivity index (χ4n) is 3.31. The van der Waals surface area contributed by atoms with Crippen molar-refractivity contribution in [1.82, 2.24) is 29.2 Å². The third-order valence-electron chi connectivity index (χ3n) is 5.09. The Bertz CT molecular complexity index is 1490. The van der Waals surface area contributed by atoms with Crippen LogP contribution < -0.4 is 19.1 Å². The summed E-state index contributed by atoms with van der Waals surface area (Å²) >= 11 is 2.89. The maximum atomic E-state index is 8.94. The number of methoxy groups -OCH3 is 2. The number of pyridine rings is 1. The summed E-state index contributed by atoms with van der Waals surface area (Å²) in [6, 6.07) is 5.87. The normalized spacial score (nSPS) is 11.1. The average Bonchev–Trinajstić information content (AvgIpc) is 3.58. The van der Waals surface area contributed by atoms with E-state index >= 15 is 0 Å². The summed E-state index contributed by atoms with van der Waals surface area (Å²) in [5.41, 5.74) is 2.96. The zero-order valence-electron chi connectivity index (χ0n) is 18.8. The minimum atomic E-state index is 0.274. The molecule has 0 spiro atoms. The molecule has 0 amide bonds. The third-order valence-corrected chi connectivity index (χ3v) is 7.10. The molecule has 5 heterocycles. The van der Waals surface area contributed by atoms with Crippen LogP contribution in [0.25, 0.3) is 21.9 Å². The highest BCUT2D eigenvalue weighted by Crippen LogP contribution is 2.32. The molecule has 0 saturated heterocycles. The molecule has 0 aliphatic heterocycles. The van der Waals surface area contributed by atoms with Crippen LogP contribution in [0.3, 0.4) is 0 Å². The lowest BCUT2D eigenvalue weighted by Crippen LogP contribution is -2.16. The lowest BCUT2D eigenvalue weighted by atomic mass is 10.3. The van der Waals surface area contributed by atoms with E-state index in [9.17, 15) is 0 Å². The average molecular weight is 497 g/mol. The number of nitrogens with zero attached hydrogens (tertiary/aromatic N) is 8. The van der Waals surface area contributed by atoms with E-state index in [1.807, 2.05) is 37.2 Å². The Morgan fingerprint density at radius 2 is 1.91 bits per heavy atom. The first-order chi connectivity index (χ1) is 16.5. The summed E-state index contributed by atoms with van der Waals surface area (Å²) in [7, 11) is 5.02. The van der Waals surface area contributed by atoms with Gasteiger partial charge in [-0.15, -0.1) is 16.4 Å².